The van der Waals surface area contributed by atoms with Gasteiger partial charge in [-0.3, -0.25) is 9.69 Å². The van der Waals surface area contributed by atoms with Crippen molar-refractivity contribution in [2.45, 2.75) is 57.9 Å². The van der Waals surface area contributed by atoms with Crippen LogP contribution in [0.2, 0.25) is 5.02 Å². The van der Waals surface area contributed by atoms with Crippen molar-refractivity contribution in [3.63, 3.8) is 0 Å². The number of amides is 1. The number of carbonyl (C=O) groups is 1. The van der Waals surface area contributed by atoms with Crippen LogP contribution in [0, 0.1) is 24.5 Å². The van der Waals surface area contributed by atoms with Gasteiger partial charge in [-0.05, 0) is 82.5 Å². The second kappa shape index (κ2) is 10.4. The van der Waals surface area contributed by atoms with Gasteiger partial charge in [-0.25, -0.2) is 13.5 Å². The lowest BCUT2D eigenvalue weighted by Crippen LogP contribution is -2.44. The smallest absolute Gasteiger partial charge is 0.227 e. The standard InChI is InChI=1S/C30H35ClF2N4O/c1-19-15-28(37(34-19)23-8-5-21(31)6-9-23)20-11-13-35(14-12-20)29(38)26-18-36(30(2,3)4)17-25(26)24-10-7-22(32)16-27(24)33/h5-10,15-16,20,25-26H,11-14,17-18H2,1-4H3. The number of aryl methyl sites for hydroxylation is 1. The van der Waals surface area contributed by atoms with Gasteiger partial charge in [0.25, 0.3) is 0 Å². The van der Waals surface area contributed by atoms with Crippen molar-refractivity contribution in [2.75, 3.05) is 26.2 Å². The van der Waals surface area contributed by atoms with Crippen molar-refractivity contribution in [1.82, 2.24) is 19.6 Å². The van der Waals surface area contributed by atoms with Crippen LogP contribution < -0.4 is 0 Å². The van der Waals surface area contributed by atoms with Gasteiger partial charge in [-0.15, -0.1) is 0 Å². The molecular weight excluding hydrogens is 506 g/mol. The molecule has 0 radical (unpaired) electrons. The van der Waals surface area contributed by atoms with Gasteiger partial charge in [0.15, 0.2) is 0 Å². The molecule has 38 heavy (non-hydrogen) atoms. The van der Waals surface area contributed by atoms with Crippen molar-refractivity contribution < 1.29 is 13.6 Å². The van der Waals surface area contributed by atoms with E-state index in [1.165, 1.54) is 12.1 Å². The average molecular weight is 541 g/mol. The first kappa shape index (κ1) is 26.8. The SMILES string of the molecule is Cc1cc(C2CCN(C(=O)C3CN(C(C)(C)C)CC3c3ccc(F)cc3F)CC2)n(-c2ccc(Cl)cc2)n1. The summed E-state index contributed by atoms with van der Waals surface area (Å²) in [6.45, 7) is 10.7. The van der Waals surface area contributed by atoms with Crippen molar-refractivity contribution in [3.05, 3.63) is 82.1 Å². The van der Waals surface area contributed by atoms with E-state index >= 15 is 0 Å². The van der Waals surface area contributed by atoms with Crippen LogP contribution in [0.25, 0.3) is 5.69 Å². The van der Waals surface area contributed by atoms with E-state index in [1.807, 2.05) is 40.8 Å². The zero-order valence-electron chi connectivity index (χ0n) is 22.4. The fourth-order valence-corrected chi connectivity index (χ4v) is 6.07. The van der Waals surface area contributed by atoms with Crippen LogP contribution in [0.15, 0.2) is 48.5 Å². The topological polar surface area (TPSA) is 41.4 Å². The Labute approximate surface area is 228 Å². The number of carbonyl (C=O) groups excluding carboxylic acids is 1. The van der Waals surface area contributed by atoms with Crippen molar-refractivity contribution in [1.29, 1.82) is 0 Å². The third kappa shape index (κ3) is 5.36. The number of likely N-dealkylation sites (tertiary alicyclic amines) is 2. The number of nitrogens with zero attached hydrogens (tertiary/aromatic N) is 4. The number of rotatable bonds is 4. The monoisotopic (exact) mass is 540 g/mol. The lowest BCUT2D eigenvalue weighted by atomic mass is 9.86. The maximum Gasteiger partial charge on any atom is 0.227 e. The second-order valence-electron chi connectivity index (χ2n) is 11.7. The van der Waals surface area contributed by atoms with Crippen LogP contribution in [0.4, 0.5) is 8.78 Å². The molecule has 0 bridgehead atoms. The van der Waals surface area contributed by atoms with E-state index in [4.69, 9.17) is 16.7 Å². The molecule has 5 nitrogen and oxygen atoms in total. The molecule has 202 valence electrons. The van der Waals surface area contributed by atoms with E-state index in [1.54, 1.807) is 0 Å². The van der Waals surface area contributed by atoms with E-state index in [-0.39, 0.29) is 29.2 Å². The number of hydrogen-bond donors (Lipinski definition) is 0. The molecule has 1 amide bonds. The quantitative estimate of drug-likeness (QED) is 0.388. The van der Waals surface area contributed by atoms with Crippen molar-refractivity contribution in [2.24, 2.45) is 5.92 Å². The molecular formula is C30H35ClF2N4O. The summed E-state index contributed by atoms with van der Waals surface area (Å²) in [5, 5.41) is 5.40. The van der Waals surface area contributed by atoms with E-state index in [2.05, 4.69) is 31.7 Å². The highest BCUT2D eigenvalue weighted by Gasteiger charge is 2.44. The van der Waals surface area contributed by atoms with Gasteiger partial charge in [0.1, 0.15) is 11.6 Å². The van der Waals surface area contributed by atoms with Gasteiger partial charge in [0.2, 0.25) is 5.91 Å². The van der Waals surface area contributed by atoms with Gasteiger partial charge in [-0.1, -0.05) is 17.7 Å². The zero-order valence-corrected chi connectivity index (χ0v) is 23.2. The summed E-state index contributed by atoms with van der Waals surface area (Å²) in [5.41, 5.74) is 3.32. The van der Waals surface area contributed by atoms with Gasteiger partial charge in [0.05, 0.1) is 17.3 Å². The van der Waals surface area contributed by atoms with E-state index in [0.29, 0.717) is 36.8 Å². The molecule has 0 aliphatic carbocycles. The summed E-state index contributed by atoms with van der Waals surface area (Å²) < 4.78 is 30.5. The Balaban J connectivity index is 1.33. The Morgan fingerprint density at radius 3 is 2.32 bits per heavy atom. The van der Waals surface area contributed by atoms with Crippen molar-refractivity contribution in [3.8, 4) is 5.69 Å². The Bertz CT molecular complexity index is 1310. The number of halogens is 3. The molecule has 2 aliphatic heterocycles. The molecule has 2 fully saturated rings. The molecule has 5 rings (SSSR count). The first-order valence-corrected chi connectivity index (χ1v) is 13.7. The van der Waals surface area contributed by atoms with Gasteiger partial charge in [-0.2, -0.15) is 5.10 Å². The van der Waals surface area contributed by atoms with E-state index in [9.17, 15) is 13.6 Å². The highest BCUT2D eigenvalue weighted by Crippen LogP contribution is 2.39. The fraction of sp³-hybridized carbons (Fsp3) is 0.467. The highest BCUT2D eigenvalue weighted by atomic mass is 35.5. The summed E-state index contributed by atoms with van der Waals surface area (Å²) in [6, 6.07) is 13.5. The predicted molar refractivity (Wildman–Crippen MR) is 146 cm³/mol. The molecule has 1 aromatic heterocycles. The lowest BCUT2D eigenvalue weighted by Gasteiger charge is -2.35. The molecule has 3 aromatic rings. The van der Waals surface area contributed by atoms with Crippen LogP contribution in [0.5, 0.6) is 0 Å². The first-order valence-electron chi connectivity index (χ1n) is 13.3. The molecule has 2 aromatic carbocycles. The summed E-state index contributed by atoms with van der Waals surface area (Å²) in [7, 11) is 0. The maximum absolute atomic E-state index is 14.8. The number of piperidine rings is 1. The molecule has 0 N–H and O–H groups in total. The molecule has 2 unspecified atom stereocenters. The first-order chi connectivity index (χ1) is 18.0. The normalized spacial score (nSPS) is 21.3. The van der Waals surface area contributed by atoms with Crippen LogP contribution in [-0.4, -0.2) is 57.2 Å². The summed E-state index contributed by atoms with van der Waals surface area (Å²) in [4.78, 5) is 18.1. The summed E-state index contributed by atoms with van der Waals surface area (Å²) in [5.74, 6) is -1.52. The molecule has 0 spiro atoms. The molecule has 2 saturated heterocycles. The van der Waals surface area contributed by atoms with Crippen LogP contribution in [-0.2, 0) is 4.79 Å². The molecule has 3 heterocycles. The van der Waals surface area contributed by atoms with Crippen LogP contribution in [0.3, 0.4) is 0 Å². The molecule has 2 aliphatic rings. The van der Waals surface area contributed by atoms with Gasteiger partial charge < -0.3 is 4.90 Å². The fourth-order valence-electron chi connectivity index (χ4n) is 5.95. The molecule has 0 saturated carbocycles. The second-order valence-corrected chi connectivity index (χ2v) is 12.1. The average Bonchev–Trinajstić information content (AvgIpc) is 3.49. The Morgan fingerprint density at radius 1 is 1.00 bits per heavy atom. The third-order valence-corrected chi connectivity index (χ3v) is 8.35. The Kier molecular flexibility index (Phi) is 7.35. The van der Waals surface area contributed by atoms with Gasteiger partial charge >= 0.3 is 0 Å². The van der Waals surface area contributed by atoms with Crippen LogP contribution >= 0.6 is 11.6 Å². The van der Waals surface area contributed by atoms with E-state index < -0.39 is 11.6 Å². The predicted octanol–water partition coefficient (Wildman–Crippen LogP) is 6.33. The maximum atomic E-state index is 14.8. The number of benzene rings is 2. The third-order valence-electron chi connectivity index (χ3n) is 8.10. The van der Waals surface area contributed by atoms with Gasteiger partial charge in [0, 0.05) is 60.3 Å². The largest absolute Gasteiger partial charge is 0.342 e. The number of hydrogen-bond acceptors (Lipinski definition) is 3. The Morgan fingerprint density at radius 2 is 1.68 bits per heavy atom. The zero-order chi connectivity index (χ0) is 27.2. The minimum atomic E-state index is -0.602. The minimum absolute atomic E-state index is 0.0614. The minimum Gasteiger partial charge on any atom is -0.342 e. The van der Waals surface area contributed by atoms with Crippen molar-refractivity contribution >= 4 is 17.5 Å². The number of aromatic nitrogens is 2. The van der Waals surface area contributed by atoms with E-state index in [0.717, 1.165) is 36.0 Å². The highest BCUT2D eigenvalue weighted by molar-refractivity contribution is 6.30. The van der Waals surface area contributed by atoms with Crippen LogP contribution in [0.1, 0.15) is 62.4 Å². The summed E-state index contributed by atoms with van der Waals surface area (Å²) >= 11 is 6.08. The lowest BCUT2D eigenvalue weighted by molar-refractivity contribution is -0.136. The molecule has 8 heteroatoms. The summed E-state index contributed by atoms with van der Waals surface area (Å²) in [6.07, 6.45) is 1.66. The Hall–Kier alpha value is -2.77. The molecule has 2 atom stereocenters.